The molecule has 86 valence electrons. The van der Waals surface area contributed by atoms with Crippen LogP contribution in [0.25, 0.3) is 0 Å². The Labute approximate surface area is 98.4 Å². The molecule has 0 fully saturated rings. The van der Waals surface area contributed by atoms with Gasteiger partial charge in [-0.05, 0) is 12.1 Å². The number of rotatable bonds is 3. The van der Waals surface area contributed by atoms with Crippen LogP contribution in [0.5, 0.6) is 0 Å². The fourth-order valence-electron chi connectivity index (χ4n) is 1.24. The molecule has 2 aromatic rings. The van der Waals surface area contributed by atoms with Crippen LogP contribution in [0.4, 0.5) is 0 Å². The number of aryl methyl sites for hydroxylation is 1. The fraction of sp³-hybridized carbons (Fsp3) is 0.0833. The van der Waals surface area contributed by atoms with Crippen LogP contribution in [0.15, 0.2) is 52.4 Å². The molecule has 0 atom stereocenters. The van der Waals surface area contributed by atoms with Gasteiger partial charge in [0, 0.05) is 12.1 Å². The molecule has 0 unspecified atom stereocenters. The van der Waals surface area contributed by atoms with Crippen molar-refractivity contribution in [3.05, 3.63) is 54.2 Å². The molecule has 0 aliphatic carbocycles. The van der Waals surface area contributed by atoms with Crippen molar-refractivity contribution in [2.75, 3.05) is 0 Å². The lowest BCUT2D eigenvalue weighted by Crippen LogP contribution is -2.27. The number of amides is 1. The Morgan fingerprint density at radius 3 is 2.82 bits per heavy atom. The summed E-state index contributed by atoms with van der Waals surface area (Å²) >= 11 is 0. The van der Waals surface area contributed by atoms with E-state index >= 15 is 0 Å². The maximum absolute atomic E-state index is 11.6. The number of pyridine rings is 1. The summed E-state index contributed by atoms with van der Waals surface area (Å²) < 4.78 is 6.88. The highest BCUT2D eigenvalue weighted by Gasteiger charge is 2.05. The Hall–Kier alpha value is -2.43. The highest BCUT2D eigenvalue weighted by atomic mass is 16.3. The van der Waals surface area contributed by atoms with Crippen LogP contribution in [-0.2, 0) is 7.05 Å². The summed E-state index contributed by atoms with van der Waals surface area (Å²) in [7, 11) is 1.89. The number of aromatic nitrogens is 1. The predicted molar refractivity (Wildman–Crippen MR) is 61.4 cm³/mol. The van der Waals surface area contributed by atoms with Gasteiger partial charge in [-0.1, -0.05) is 0 Å². The van der Waals surface area contributed by atoms with E-state index in [0.717, 1.165) is 0 Å². The molecule has 0 saturated carbocycles. The highest BCUT2D eigenvalue weighted by molar-refractivity contribution is 5.94. The lowest BCUT2D eigenvalue weighted by atomic mass is 10.2. The standard InChI is InChI=1S/C12H11N3O2/c1-15-6-4-10(5-7-15)12(16)14-13-9-11-3-2-8-17-11/h2-9H,1H3/p+1. The SMILES string of the molecule is C[n+]1ccc(C(=O)N/N=C/c2ccco2)cc1. The first-order valence-electron chi connectivity index (χ1n) is 5.08. The molecule has 0 aliphatic rings. The van der Waals surface area contributed by atoms with Crippen LogP contribution in [-0.4, -0.2) is 12.1 Å². The summed E-state index contributed by atoms with van der Waals surface area (Å²) in [5.74, 6) is 0.332. The van der Waals surface area contributed by atoms with Crippen LogP contribution in [0, 0.1) is 0 Å². The number of carbonyl (C=O) groups excluding carboxylic acids is 1. The monoisotopic (exact) mass is 230 g/mol. The van der Waals surface area contributed by atoms with E-state index in [1.54, 1.807) is 42.9 Å². The van der Waals surface area contributed by atoms with Gasteiger partial charge >= 0.3 is 0 Å². The zero-order chi connectivity index (χ0) is 12.1. The van der Waals surface area contributed by atoms with Gasteiger partial charge in [-0.15, -0.1) is 0 Å². The van der Waals surface area contributed by atoms with E-state index in [2.05, 4.69) is 10.5 Å². The Morgan fingerprint density at radius 1 is 1.41 bits per heavy atom. The molecule has 0 radical (unpaired) electrons. The van der Waals surface area contributed by atoms with E-state index in [-0.39, 0.29) is 5.91 Å². The molecule has 2 heterocycles. The minimum atomic E-state index is -0.256. The van der Waals surface area contributed by atoms with Crippen LogP contribution in [0.2, 0.25) is 0 Å². The average Bonchev–Trinajstić information content (AvgIpc) is 2.83. The molecule has 5 heteroatoms. The number of furan rings is 1. The van der Waals surface area contributed by atoms with E-state index in [4.69, 9.17) is 4.42 Å². The van der Waals surface area contributed by atoms with Crippen LogP contribution >= 0.6 is 0 Å². The lowest BCUT2D eigenvalue weighted by molar-refractivity contribution is -0.671. The Kier molecular flexibility index (Phi) is 3.30. The lowest BCUT2D eigenvalue weighted by Gasteiger charge is -1.97. The van der Waals surface area contributed by atoms with E-state index in [1.165, 1.54) is 6.21 Å². The van der Waals surface area contributed by atoms with Gasteiger partial charge in [-0.25, -0.2) is 9.99 Å². The summed E-state index contributed by atoms with van der Waals surface area (Å²) in [5.41, 5.74) is 2.97. The molecule has 5 nitrogen and oxygen atoms in total. The van der Waals surface area contributed by atoms with Gasteiger partial charge in [-0.2, -0.15) is 5.10 Å². The quantitative estimate of drug-likeness (QED) is 0.483. The number of hydrogen-bond acceptors (Lipinski definition) is 3. The molecule has 2 aromatic heterocycles. The fourth-order valence-corrected chi connectivity index (χ4v) is 1.24. The number of hydrazone groups is 1. The van der Waals surface area contributed by atoms with Gasteiger partial charge in [-0.3, -0.25) is 4.79 Å². The van der Waals surface area contributed by atoms with Crippen molar-refractivity contribution in [1.29, 1.82) is 0 Å². The van der Waals surface area contributed by atoms with Gasteiger partial charge in [0.05, 0.1) is 18.0 Å². The third-order valence-electron chi connectivity index (χ3n) is 2.14. The van der Waals surface area contributed by atoms with Crippen molar-refractivity contribution in [1.82, 2.24) is 5.43 Å². The smallest absolute Gasteiger partial charge is 0.271 e. The molecular weight excluding hydrogens is 218 g/mol. The first kappa shape index (κ1) is 11.1. The van der Waals surface area contributed by atoms with Gasteiger partial charge in [0.15, 0.2) is 12.4 Å². The molecule has 0 spiro atoms. The summed E-state index contributed by atoms with van der Waals surface area (Å²) in [5, 5.41) is 3.79. The van der Waals surface area contributed by atoms with Crippen molar-refractivity contribution in [2.24, 2.45) is 12.1 Å². The molecular formula is C12H12N3O2+. The molecule has 0 aliphatic heterocycles. The summed E-state index contributed by atoms with van der Waals surface area (Å²) in [4.78, 5) is 11.6. The van der Waals surface area contributed by atoms with E-state index in [9.17, 15) is 4.79 Å². The van der Waals surface area contributed by atoms with E-state index < -0.39 is 0 Å². The summed E-state index contributed by atoms with van der Waals surface area (Å²) in [6.07, 6.45) is 6.58. The van der Waals surface area contributed by atoms with Gasteiger partial charge < -0.3 is 4.42 Å². The number of hydrogen-bond donors (Lipinski definition) is 1. The van der Waals surface area contributed by atoms with E-state index in [0.29, 0.717) is 11.3 Å². The van der Waals surface area contributed by atoms with Gasteiger partial charge in [0.2, 0.25) is 0 Å². The molecule has 1 amide bonds. The highest BCUT2D eigenvalue weighted by Crippen LogP contribution is 1.96. The zero-order valence-corrected chi connectivity index (χ0v) is 9.33. The second kappa shape index (κ2) is 5.07. The van der Waals surface area contributed by atoms with Crippen LogP contribution in [0.3, 0.4) is 0 Å². The predicted octanol–water partition coefficient (Wildman–Crippen LogP) is 0.868. The zero-order valence-electron chi connectivity index (χ0n) is 9.33. The van der Waals surface area contributed by atoms with Crippen LogP contribution < -0.4 is 9.99 Å². The molecule has 17 heavy (non-hydrogen) atoms. The normalized spacial score (nSPS) is 10.6. The molecule has 0 aromatic carbocycles. The van der Waals surface area contributed by atoms with E-state index in [1.807, 2.05) is 11.6 Å². The van der Waals surface area contributed by atoms with Gasteiger partial charge in [0.25, 0.3) is 5.91 Å². The van der Waals surface area contributed by atoms with Crippen LogP contribution in [0.1, 0.15) is 16.1 Å². The number of nitrogens with zero attached hydrogens (tertiary/aromatic N) is 2. The first-order chi connectivity index (χ1) is 8.25. The summed E-state index contributed by atoms with van der Waals surface area (Å²) in [6, 6.07) is 6.94. The maximum Gasteiger partial charge on any atom is 0.271 e. The Bertz CT molecular complexity index is 515. The third-order valence-corrected chi connectivity index (χ3v) is 2.14. The second-order valence-electron chi connectivity index (χ2n) is 3.47. The number of nitrogens with one attached hydrogen (secondary N) is 1. The topological polar surface area (TPSA) is 58.5 Å². The van der Waals surface area contributed by atoms with Gasteiger partial charge in [0.1, 0.15) is 12.8 Å². The molecule has 0 saturated heterocycles. The van der Waals surface area contributed by atoms with Crippen molar-refractivity contribution in [2.45, 2.75) is 0 Å². The maximum atomic E-state index is 11.6. The van der Waals surface area contributed by atoms with Crippen molar-refractivity contribution >= 4 is 12.1 Å². The average molecular weight is 230 g/mol. The number of carbonyl (C=O) groups is 1. The molecule has 0 bridgehead atoms. The summed E-state index contributed by atoms with van der Waals surface area (Å²) in [6.45, 7) is 0. The molecule has 1 N–H and O–H groups in total. The van der Waals surface area contributed by atoms with Crippen molar-refractivity contribution < 1.29 is 13.8 Å². The van der Waals surface area contributed by atoms with Crippen molar-refractivity contribution in [3.8, 4) is 0 Å². The minimum absolute atomic E-state index is 0.256. The Balaban J connectivity index is 1.96. The minimum Gasteiger partial charge on any atom is -0.463 e. The third kappa shape index (κ3) is 3.01. The first-order valence-corrected chi connectivity index (χ1v) is 5.08. The largest absolute Gasteiger partial charge is 0.463 e. The van der Waals surface area contributed by atoms with Crippen molar-refractivity contribution in [3.63, 3.8) is 0 Å². The Morgan fingerprint density at radius 2 is 2.18 bits per heavy atom. The second-order valence-corrected chi connectivity index (χ2v) is 3.47. The molecule has 2 rings (SSSR count).